The van der Waals surface area contributed by atoms with Crippen LogP contribution in [0.15, 0.2) is 42.5 Å². The van der Waals surface area contributed by atoms with Crippen molar-refractivity contribution in [1.29, 1.82) is 0 Å². The molecular formula is C18H22FN. The third-order valence-corrected chi connectivity index (χ3v) is 3.29. The second-order valence-corrected chi connectivity index (χ2v) is 5.64. The first-order valence-corrected chi connectivity index (χ1v) is 7.12. The van der Waals surface area contributed by atoms with Gasteiger partial charge in [-0.2, -0.15) is 0 Å². The molecule has 0 spiro atoms. The summed E-state index contributed by atoms with van der Waals surface area (Å²) in [6.45, 7) is 5.14. The van der Waals surface area contributed by atoms with Crippen LogP contribution in [0.5, 0.6) is 0 Å². The number of hydrogen-bond donors (Lipinski definition) is 1. The Hall–Kier alpha value is -1.67. The molecule has 0 aliphatic carbocycles. The molecule has 0 bridgehead atoms. The Labute approximate surface area is 120 Å². The molecule has 0 saturated heterocycles. The van der Waals surface area contributed by atoms with Gasteiger partial charge in [-0.05, 0) is 48.2 Å². The molecule has 2 aromatic carbocycles. The molecule has 0 amide bonds. The molecule has 106 valence electrons. The van der Waals surface area contributed by atoms with Crippen LogP contribution < -0.4 is 5.32 Å². The van der Waals surface area contributed by atoms with Gasteiger partial charge in [0, 0.05) is 12.1 Å². The van der Waals surface area contributed by atoms with Crippen molar-refractivity contribution in [3.05, 3.63) is 59.4 Å². The molecule has 0 heterocycles. The lowest BCUT2D eigenvalue weighted by atomic mass is 9.97. The van der Waals surface area contributed by atoms with Gasteiger partial charge in [0.05, 0.1) is 0 Å². The van der Waals surface area contributed by atoms with Crippen LogP contribution in [0, 0.1) is 11.7 Å². The topological polar surface area (TPSA) is 12.0 Å². The molecule has 0 unspecified atom stereocenters. The second kappa shape index (κ2) is 6.67. The molecule has 0 aromatic heterocycles. The van der Waals surface area contributed by atoms with E-state index in [1.165, 1.54) is 5.56 Å². The van der Waals surface area contributed by atoms with Crippen molar-refractivity contribution < 1.29 is 4.39 Å². The van der Waals surface area contributed by atoms with Gasteiger partial charge in [0.25, 0.3) is 0 Å². The summed E-state index contributed by atoms with van der Waals surface area (Å²) in [5.41, 5.74) is 4.00. The third-order valence-electron chi connectivity index (χ3n) is 3.29. The third kappa shape index (κ3) is 3.67. The Kier molecular flexibility index (Phi) is 4.91. The van der Waals surface area contributed by atoms with Crippen molar-refractivity contribution in [1.82, 2.24) is 5.32 Å². The summed E-state index contributed by atoms with van der Waals surface area (Å²) in [7, 11) is 1.90. The highest BCUT2D eigenvalue weighted by molar-refractivity contribution is 5.65. The minimum Gasteiger partial charge on any atom is -0.316 e. The van der Waals surface area contributed by atoms with Crippen LogP contribution in [-0.2, 0) is 13.0 Å². The van der Waals surface area contributed by atoms with Gasteiger partial charge in [-0.25, -0.2) is 4.39 Å². The maximum Gasteiger partial charge on any atom is 0.131 e. The van der Waals surface area contributed by atoms with Gasteiger partial charge in [-0.15, -0.1) is 0 Å². The first-order valence-electron chi connectivity index (χ1n) is 7.12. The molecule has 1 N–H and O–H groups in total. The molecule has 2 aromatic rings. The predicted molar refractivity (Wildman–Crippen MR) is 83.1 cm³/mol. The van der Waals surface area contributed by atoms with E-state index < -0.39 is 0 Å². The largest absolute Gasteiger partial charge is 0.316 e. The highest BCUT2D eigenvalue weighted by Gasteiger charge is 2.07. The van der Waals surface area contributed by atoms with Crippen LogP contribution in [-0.4, -0.2) is 7.05 Å². The van der Waals surface area contributed by atoms with E-state index >= 15 is 0 Å². The molecule has 0 radical (unpaired) electrons. The van der Waals surface area contributed by atoms with Crippen molar-refractivity contribution >= 4 is 0 Å². The van der Waals surface area contributed by atoms with E-state index in [1.807, 2.05) is 31.3 Å². The van der Waals surface area contributed by atoms with Gasteiger partial charge in [0.2, 0.25) is 0 Å². The smallest absolute Gasteiger partial charge is 0.131 e. The van der Waals surface area contributed by atoms with E-state index in [9.17, 15) is 4.39 Å². The highest BCUT2D eigenvalue weighted by atomic mass is 19.1. The van der Waals surface area contributed by atoms with Crippen LogP contribution >= 0.6 is 0 Å². The van der Waals surface area contributed by atoms with E-state index in [0.717, 1.165) is 24.1 Å². The summed E-state index contributed by atoms with van der Waals surface area (Å²) >= 11 is 0. The normalized spacial score (nSPS) is 11.1. The zero-order valence-corrected chi connectivity index (χ0v) is 12.4. The minimum atomic E-state index is -0.161. The average Bonchev–Trinajstić information content (AvgIpc) is 2.41. The second-order valence-electron chi connectivity index (χ2n) is 5.64. The molecule has 2 rings (SSSR count). The lowest BCUT2D eigenvalue weighted by molar-refractivity contribution is 0.629. The number of benzene rings is 2. The number of nitrogens with one attached hydrogen (secondary N) is 1. The van der Waals surface area contributed by atoms with Gasteiger partial charge < -0.3 is 5.32 Å². The van der Waals surface area contributed by atoms with E-state index in [1.54, 1.807) is 6.07 Å². The summed E-state index contributed by atoms with van der Waals surface area (Å²) in [6.07, 6.45) is 1.02. The van der Waals surface area contributed by atoms with Gasteiger partial charge in [-0.1, -0.05) is 44.2 Å². The molecule has 0 fully saturated rings. The fourth-order valence-electron chi connectivity index (χ4n) is 2.44. The van der Waals surface area contributed by atoms with Crippen molar-refractivity contribution in [3.8, 4) is 11.1 Å². The average molecular weight is 271 g/mol. The summed E-state index contributed by atoms with van der Waals surface area (Å²) < 4.78 is 14.1. The first-order chi connectivity index (χ1) is 9.60. The molecule has 1 nitrogen and oxygen atoms in total. The standard InChI is InChI=1S/C18H22FN/c1-13(2)9-14-5-4-6-16(10-14)17-11-15(12-20-3)7-8-18(17)19/h4-8,10-11,13,20H,9,12H2,1-3H3. The van der Waals surface area contributed by atoms with Crippen LogP contribution in [0.1, 0.15) is 25.0 Å². The van der Waals surface area contributed by atoms with Crippen LogP contribution in [0.2, 0.25) is 0 Å². The Morgan fingerprint density at radius 2 is 1.85 bits per heavy atom. The van der Waals surface area contributed by atoms with E-state index in [-0.39, 0.29) is 5.82 Å². The Balaban J connectivity index is 2.37. The van der Waals surface area contributed by atoms with Crippen LogP contribution in [0.3, 0.4) is 0 Å². The molecule has 0 saturated carbocycles. The van der Waals surface area contributed by atoms with E-state index in [4.69, 9.17) is 0 Å². The summed E-state index contributed by atoms with van der Waals surface area (Å²) in [5, 5.41) is 3.10. The lowest BCUT2D eigenvalue weighted by Crippen LogP contribution is -2.05. The van der Waals surface area contributed by atoms with Gasteiger partial charge in [0.15, 0.2) is 0 Å². The first kappa shape index (κ1) is 14.7. The van der Waals surface area contributed by atoms with E-state index in [0.29, 0.717) is 11.5 Å². The quantitative estimate of drug-likeness (QED) is 0.849. The van der Waals surface area contributed by atoms with Crippen molar-refractivity contribution in [3.63, 3.8) is 0 Å². The van der Waals surface area contributed by atoms with Crippen molar-refractivity contribution in [2.45, 2.75) is 26.8 Å². The summed E-state index contributed by atoms with van der Waals surface area (Å²) in [6, 6.07) is 13.5. The predicted octanol–water partition coefficient (Wildman–Crippen LogP) is 4.41. The van der Waals surface area contributed by atoms with Crippen LogP contribution in [0.25, 0.3) is 11.1 Å². The Bertz CT molecular complexity index is 575. The fraction of sp³-hybridized carbons (Fsp3) is 0.333. The molecule has 0 atom stereocenters. The van der Waals surface area contributed by atoms with Gasteiger partial charge in [0.1, 0.15) is 5.82 Å². The number of halogens is 1. The molecule has 2 heteroatoms. The monoisotopic (exact) mass is 271 g/mol. The van der Waals surface area contributed by atoms with Crippen molar-refractivity contribution in [2.75, 3.05) is 7.05 Å². The van der Waals surface area contributed by atoms with Crippen LogP contribution in [0.4, 0.5) is 4.39 Å². The van der Waals surface area contributed by atoms with Crippen molar-refractivity contribution in [2.24, 2.45) is 5.92 Å². The minimum absolute atomic E-state index is 0.161. The van der Waals surface area contributed by atoms with Gasteiger partial charge >= 0.3 is 0 Å². The Morgan fingerprint density at radius 1 is 1.05 bits per heavy atom. The molecular weight excluding hydrogens is 249 g/mol. The zero-order valence-electron chi connectivity index (χ0n) is 12.4. The molecule has 0 aliphatic heterocycles. The Morgan fingerprint density at radius 3 is 2.55 bits per heavy atom. The summed E-state index contributed by atoms with van der Waals surface area (Å²) in [5.74, 6) is 0.442. The zero-order chi connectivity index (χ0) is 14.5. The van der Waals surface area contributed by atoms with Gasteiger partial charge in [-0.3, -0.25) is 0 Å². The van der Waals surface area contributed by atoms with E-state index in [2.05, 4.69) is 31.3 Å². The molecule has 20 heavy (non-hydrogen) atoms. The number of rotatable bonds is 5. The highest BCUT2D eigenvalue weighted by Crippen LogP contribution is 2.25. The number of hydrogen-bond acceptors (Lipinski definition) is 1. The summed E-state index contributed by atoms with van der Waals surface area (Å²) in [4.78, 5) is 0. The SMILES string of the molecule is CNCc1ccc(F)c(-c2cccc(CC(C)C)c2)c1. The lowest BCUT2D eigenvalue weighted by Gasteiger charge is -2.10. The fourth-order valence-corrected chi connectivity index (χ4v) is 2.44. The maximum absolute atomic E-state index is 14.1. The molecule has 0 aliphatic rings. The maximum atomic E-state index is 14.1.